The predicted octanol–water partition coefficient (Wildman–Crippen LogP) is 4.14. The minimum Gasteiger partial charge on any atom is -0.387 e. The molecule has 1 aliphatic rings. The van der Waals surface area contributed by atoms with Crippen LogP contribution in [0.3, 0.4) is 0 Å². The van der Waals surface area contributed by atoms with Crippen molar-refractivity contribution in [3.05, 3.63) is 48.0 Å². The van der Waals surface area contributed by atoms with Crippen molar-refractivity contribution in [1.29, 1.82) is 0 Å². The molecule has 0 spiro atoms. The van der Waals surface area contributed by atoms with Crippen molar-refractivity contribution < 1.29 is 5.11 Å². The fourth-order valence-corrected chi connectivity index (χ4v) is 3.67. The van der Waals surface area contributed by atoms with Crippen LogP contribution in [0.5, 0.6) is 0 Å². The molecule has 2 aromatic carbocycles. The fourth-order valence-electron chi connectivity index (χ4n) is 3.67. The summed E-state index contributed by atoms with van der Waals surface area (Å²) < 4.78 is 0. The summed E-state index contributed by atoms with van der Waals surface area (Å²) in [7, 11) is 0. The molecule has 1 aliphatic heterocycles. The van der Waals surface area contributed by atoms with E-state index in [0.29, 0.717) is 12.1 Å². The lowest BCUT2D eigenvalue weighted by molar-refractivity contribution is 0.0417. The molecule has 2 nitrogen and oxygen atoms in total. The molecule has 0 aliphatic carbocycles. The molecule has 0 amide bonds. The number of likely N-dealkylation sites (tertiary alicyclic amines) is 1. The maximum atomic E-state index is 10.8. The summed E-state index contributed by atoms with van der Waals surface area (Å²) in [6.45, 7) is 5.30. The van der Waals surface area contributed by atoms with E-state index in [1.807, 2.05) is 18.2 Å². The molecule has 2 heteroatoms. The number of β-amino-alcohol motifs (C(OH)–C–C–N with tert-alkyl or cyclic N) is 1. The third-order valence-corrected chi connectivity index (χ3v) is 4.94. The minimum absolute atomic E-state index is 0.418. The van der Waals surface area contributed by atoms with Crippen molar-refractivity contribution in [3.8, 4) is 0 Å². The molecule has 1 N–H and O–H groups in total. The Bertz CT molecular complexity index is 594. The van der Waals surface area contributed by atoms with Gasteiger partial charge in [0, 0.05) is 18.6 Å². The number of benzene rings is 2. The summed E-state index contributed by atoms with van der Waals surface area (Å²) in [4.78, 5) is 2.47. The summed E-state index contributed by atoms with van der Waals surface area (Å²) in [6.07, 6.45) is 3.38. The highest BCUT2D eigenvalue weighted by Gasteiger charge is 2.27. The summed E-state index contributed by atoms with van der Waals surface area (Å²) in [5.74, 6) is 0. The van der Waals surface area contributed by atoms with E-state index in [2.05, 4.69) is 43.0 Å². The van der Waals surface area contributed by atoms with Crippen molar-refractivity contribution in [2.24, 2.45) is 0 Å². The molecule has 0 saturated carbocycles. The number of rotatable bonds is 3. The second kappa shape index (κ2) is 6.17. The van der Waals surface area contributed by atoms with Gasteiger partial charge in [0.15, 0.2) is 0 Å². The summed E-state index contributed by atoms with van der Waals surface area (Å²) in [5, 5.41) is 13.1. The van der Waals surface area contributed by atoms with E-state index in [-0.39, 0.29) is 0 Å². The Morgan fingerprint density at radius 2 is 1.71 bits per heavy atom. The SMILES string of the molecule is C[C@@H]1CCC[C@H](C)N1CC(O)c1cccc2ccccc12. The van der Waals surface area contributed by atoms with E-state index in [1.165, 1.54) is 30.0 Å². The molecule has 1 fully saturated rings. The van der Waals surface area contributed by atoms with Gasteiger partial charge in [0.25, 0.3) is 0 Å². The summed E-state index contributed by atoms with van der Waals surface area (Å²) in [5.41, 5.74) is 1.05. The first-order valence-electron chi connectivity index (χ1n) is 8.08. The van der Waals surface area contributed by atoms with Crippen LogP contribution in [0.15, 0.2) is 42.5 Å². The molecule has 21 heavy (non-hydrogen) atoms. The van der Waals surface area contributed by atoms with Gasteiger partial charge in [-0.1, -0.05) is 48.9 Å². The second-order valence-corrected chi connectivity index (χ2v) is 6.41. The molecular formula is C19H25NO. The minimum atomic E-state index is -0.418. The topological polar surface area (TPSA) is 23.5 Å². The van der Waals surface area contributed by atoms with Crippen molar-refractivity contribution >= 4 is 10.8 Å². The second-order valence-electron chi connectivity index (χ2n) is 6.41. The van der Waals surface area contributed by atoms with Crippen LogP contribution in [0.25, 0.3) is 10.8 Å². The van der Waals surface area contributed by atoms with Crippen LogP contribution in [-0.2, 0) is 0 Å². The van der Waals surface area contributed by atoms with E-state index in [4.69, 9.17) is 0 Å². The lowest BCUT2D eigenvalue weighted by atomic mass is 9.95. The zero-order chi connectivity index (χ0) is 14.8. The Kier molecular flexibility index (Phi) is 4.27. The van der Waals surface area contributed by atoms with Gasteiger partial charge in [-0.2, -0.15) is 0 Å². The quantitative estimate of drug-likeness (QED) is 0.915. The van der Waals surface area contributed by atoms with Gasteiger partial charge in [0.05, 0.1) is 6.10 Å². The molecule has 3 atom stereocenters. The smallest absolute Gasteiger partial charge is 0.0923 e. The van der Waals surface area contributed by atoms with Gasteiger partial charge in [-0.15, -0.1) is 0 Å². The normalized spacial score (nSPS) is 25.1. The highest BCUT2D eigenvalue weighted by molar-refractivity contribution is 5.85. The Labute approximate surface area is 127 Å². The first-order valence-corrected chi connectivity index (χ1v) is 8.08. The Morgan fingerprint density at radius 1 is 1.05 bits per heavy atom. The van der Waals surface area contributed by atoms with E-state index < -0.39 is 6.10 Å². The molecular weight excluding hydrogens is 258 g/mol. The van der Waals surface area contributed by atoms with Crippen molar-refractivity contribution in [3.63, 3.8) is 0 Å². The van der Waals surface area contributed by atoms with Crippen LogP contribution in [0.4, 0.5) is 0 Å². The van der Waals surface area contributed by atoms with Gasteiger partial charge < -0.3 is 5.11 Å². The van der Waals surface area contributed by atoms with Crippen LogP contribution < -0.4 is 0 Å². The highest BCUT2D eigenvalue weighted by atomic mass is 16.3. The first kappa shape index (κ1) is 14.6. The summed E-state index contributed by atoms with van der Waals surface area (Å²) in [6, 6.07) is 15.7. The van der Waals surface area contributed by atoms with Crippen LogP contribution in [0.1, 0.15) is 44.8 Å². The van der Waals surface area contributed by atoms with Crippen molar-refractivity contribution in [1.82, 2.24) is 4.90 Å². The van der Waals surface area contributed by atoms with E-state index in [0.717, 1.165) is 12.1 Å². The first-order chi connectivity index (χ1) is 10.2. The molecule has 1 saturated heterocycles. The Morgan fingerprint density at radius 3 is 2.48 bits per heavy atom. The molecule has 2 aromatic rings. The average Bonchev–Trinajstić information content (AvgIpc) is 2.50. The van der Waals surface area contributed by atoms with Gasteiger partial charge in [0.1, 0.15) is 0 Å². The largest absolute Gasteiger partial charge is 0.387 e. The monoisotopic (exact) mass is 283 g/mol. The van der Waals surface area contributed by atoms with Crippen LogP contribution in [0, 0.1) is 0 Å². The molecule has 1 unspecified atom stereocenters. The third kappa shape index (κ3) is 2.97. The van der Waals surface area contributed by atoms with Gasteiger partial charge in [-0.25, -0.2) is 0 Å². The van der Waals surface area contributed by atoms with Crippen LogP contribution in [0.2, 0.25) is 0 Å². The number of fused-ring (bicyclic) bond motifs is 1. The fraction of sp³-hybridized carbons (Fsp3) is 0.474. The molecule has 3 rings (SSSR count). The Hall–Kier alpha value is -1.38. The predicted molar refractivity (Wildman–Crippen MR) is 88.4 cm³/mol. The van der Waals surface area contributed by atoms with Gasteiger partial charge >= 0.3 is 0 Å². The lowest BCUT2D eigenvalue weighted by Gasteiger charge is -2.40. The number of aliphatic hydroxyl groups is 1. The van der Waals surface area contributed by atoms with Crippen molar-refractivity contribution in [2.45, 2.75) is 51.3 Å². The summed E-state index contributed by atoms with van der Waals surface area (Å²) >= 11 is 0. The van der Waals surface area contributed by atoms with E-state index in [1.54, 1.807) is 0 Å². The molecule has 1 heterocycles. The zero-order valence-corrected chi connectivity index (χ0v) is 13.0. The average molecular weight is 283 g/mol. The molecule has 0 radical (unpaired) electrons. The zero-order valence-electron chi connectivity index (χ0n) is 13.0. The molecule has 0 bridgehead atoms. The number of piperidine rings is 1. The number of nitrogens with zero attached hydrogens (tertiary/aromatic N) is 1. The van der Waals surface area contributed by atoms with Crippen LogP contribution >= 0.6 is 0 Å². The number of hydrogen-bond acceptors (Lipinski definition) is 2. The third-order valence-electron chi connectivity index (χ3n) is 4.94. The van der Waals surface area contributed by atoms with E-state index >= 15 is 0 Å². The highest BCUT2D eigenvalue weighted by Crippen LogP contribution is 2.29. The molecule has 0 aromatic heterocycles. The van der Waals surface area contributed by atoms with Crippen LogP contribution in [-0.4, -0.2) is 28.6 Å². The molecule has 112 valence electrons. The van der Waals surface area contributed by atoms with E-state index in [9.17, 15) is 5.11 Å². The maximum Gasteiger partial charge on any atom is 0.0923 e. The number of aliphatic hydroxyl groups excluding tert-OH is 1. The van der Waals surface area contributed by atoms with Gasteiger partial charge in [0.2, 0.25) is 0 Å². The Balaban J connectivity index is 1.85. The van der Waals surface area contributed by atoms with Gasteiger partial charge in [-0.05, 0) is 43.0 Å². The lowest BCUT2D eigenvalue weighted by Crippen LogP contribution is -2.45. The standard InChI is InChI=1S/C19H25NO/c1-14-7-5-8-15(2)20(14)13-19(21)18-12-6-10-16-9-3-4-11-17(16)18/h3-4,6,9-12,14-15,19,21H,5,7-8,13H2,1-2H3/t14-,15+,19?. The van der Waals surface area contributed by atoms with Gasteiger partial charge in [-0.3, -0.25) is 4.90 Å². The van der Waals surface area contributed by atoms with Crippen molar-refractivity contribution in [2.75, 3.05) is 6.54 Å². The number of hydrogen-bond donors (Lipinski definition) is 1. The maximum absolute atomic E-state index is 10.8.